The lowest BCUT2D eigenvalue weighted by atomic mass is 9.80. The van der Waals surface area contributed by atoms with Crippen LogP contribution in [-0.4, -0.2) is 11.0 Å². The number of benzene rings is 1. The Bertz CT molecular complexity index is 565. The Hall–Kier alpha value is -1.67. The molecule has 0 spiro atoms. The zero-order chi connectivity index (χ0) is 14.5. The molecule has 21 heavy (non-hydrogen) atoms. The number of pyridine rings is 1. The molecule has 2 atom stereocenters. The zero-order valence-electron chi connectivity index (χ0n) is 12.8. The largest absolute Gasteiger partial charge is 0.309 e. The second-order valence-electron chi connectivity index (χ2n) is 6.09. The topological polar surface area (TPSA) is 24.9 Å². The van der Waals surface area contributed by atoms with Crippen LogP contribution in [0.1, 0.15) is 48.3 Å². The quantitative estimate of drug-likeness (QED) is 0.907. The third-order valence-corrected chi connectivity index (χ3v) is 4.70. The molecule has 110 valence electrons. The van der Waals surface area contributed by atoms with E-state index >= 15 is 0 Å². The molecule has 1 heterocycles. The van der Waals surface area contributed by atoms with Crippen molar-refractivity contribution >= 4 is 0 Å². The number of nitrogens with zero attached hydrogens (tertiary/aromatic N) is 1. The molecule has 0 radical (unpaired) electrons. The van der Waals surface area contributed by atoms with Crippen molar-refractivity contribution in [3.8, 4) is 0 Å². The van der Waals surface area contributed by atoms with Crippen molar-refractivity contribution in [1.29, 1.82) is 0 Å². The van der Waals surface area contributed by atoms with Crippen LogP contribution in [0.15, 0.2) is 48.8 Å². The van der Waals surface area contributed by atoms with E-state index in [0.29, 0.717) is 12.0 Å². The Balaban J connectivity index is 1.69. The SMILES string of the molecule is Cc1ccncc1CNC1CCCCC1c1ccccc1. The Morgan fingerprint density at radius 3 is 2.71 bits per heavy atom. The fourth-order valence-corrected chi connectivity index (χ4v) is 3.40. The lowest BCUT2D eigenvalue weighted by Crippen LogP contribution is -2.37. The van der Waals surface area contributed by atoms with Gasteiger partial charge in [-0.05, 0) is 48.4 Å². The maximum Gasteiger partial charge on any atom is 0.0315 e. The van der Waals surface area contributed by atoms with Gasteiger partial charge in [0.05, 0.1) is 0 Å². The highest BCUT2D eigenvalue weighted by atomic mass is 14.9. The second-order valence-corrected chi connectivity index (χ2v) is 6.09. The minimum absolute atomic E-state index is 0.584. The van der Waals surface area contributed by atoms with Gasteiger partial charge in [-0.25, -0.2) is 0 Å². The predicted molar refractivity (Wildman–Crippen MR) is 87.3 cm³/mol. The average molecular weight is 280 g/mol. The molecular weight excluding hydrogens is 256 g/mol. The van der Waals surface area contributed by atoms with Crippen LogP contribution in [-0.2, 0) is 6.54 Å². The fourth-order valence-electron chi connectivity index (χ4n) is 3.40. The van der Waals surface area contributed by atoms with E-state index in [0.717, 1.165) is 6.54 Å². The molecule has 0 aliphatic heterocycles. The van der Waals surface area contributed by atoms with Gasteiger partial charge >= 0.3 is 0 Å². The molecule has 1 aromatic carbocycles. The van der Waals surface area contributed by atoms with Crippen LogP contribution in [0.3, 0.4) is 0 Å². The summed E-state index contributed by atoms with van der Waals surface area (Å²) in [6.45, 7) is 3.09. The van der Waals surface area contributed by atoms with Crippen molar-refractivity contribution in [2.24, 2.45) is 0 Å². The highest BCUT2D eigenvalue weighted by Gasteiger charge is 2.25. The maximum atomic E-state index is 4.25. The van der Waals surface area contributed by atoms with Crippen LogP contribution in [0, 0.1) is 6.92 Å². The van der Waals surface area contributed by atoms with E-state index in [1.54, 1.807) is 0 Å². The summed E-state index contributed by atoms with van der Waals surface area (Å²) in [5.74, 6) is 0.650. The summed E-state index contributed by atoms with van der Waals surface area (Å²) in [6.07, 6.45) is 9.12. The molecule has 2 heteroatoms. The molecule has 1 aliphatic carbocycles. The summed E-state index contributed by atoms with van der Waals surface area (Å²) in [7, 11) is 0. The standard InChI is InChI=1S/C19H24N2/c1-15-11-12-20-13-17(15)14-21-19-10-6-5-9-18(19)16-7-3-2-4-8-16/h2-4,7-8,11-13,18-19,21H,5-6,9-10,14H2,1H3. The van der Waals surface area contributed by atoms with Crippen LogP contribution in [0.4, 0.5) is 0 Å². The normalized spacial score (nSPS) is 22.1. The van der Waals surface area contributed by atoms with E-state index in [1.165, 1.54) is 42.4 Å². The minimum atomic E-state index is 0.584. The third-order valence-electron chi connectivity index (χ3n) is 4.70. The Morgan fingerprint density at radius 2 is 1.90 bits per heavy atom. The number of rotatable bonds is 4. The number of aryl methyl sites for hydroxylation is 1. The first-order valence-corrected chi connectivity index (χ1v) is 8.02. The van der Waals surface area contributed by atoms with Crippen molar-refractivity contribution in [2.45, 2.75) is 51.1 Å². The van der Waals surface area contributed by atoms with E-state index in [9.17, 15) is 0 Å². The van der Waals surface area contributed by atoms with E-state index in [-0.39, 0.29) is 0 Å². The molecule has 1 N–H and O–H groups in total. The molecule has 1 fully saturated rings. The van der Waals surface area contributed by atoms with E-state index in [4.69, 9.17) is 0 Å². The number of hydrogen-bond donors (Lipinski definition) is 1. The van der Waals surface area contributed by atoms with Gasteiger partial charge in [-0.1, -0.05) is 43.2 Å². The highest BCUT2D eigenvalue weighted by molar-refractivity contribution is 5.23. The van der Waals surface area contributed by atoms with Crippen molar-refractivity contribution in [1.82, 2.24) is 10.3 Å². The van der Waals surface area contributed by atoms with Gasteiger partial charge in [0.25, 0.3) is 0 Å². The van der Waals surface area contributed by atoms with Crippen molar-refractivity contribution in [2.75, 3.05) is 0 Å². The molecule has 2 aromatic rings. The van der Waals surface area contributed by atoms with Gasteiger partial charge in [-0.2, -0.15) is 0 Å². The average Bonchev–Trinajstić information content (AvgIpc) is 2.55. The van der Waals surface area contributed by atoms with Crippen molar-refractivity contribution in [3.05, 3.63) is 65.5 Å². The van der Waals surface area contributed by atoms with Crippen LogP contribution < -0.4 is 5.32 Å². The molecule has 3 rings (SSSR count). The molecule has 0 saturated heterocycles. The van der Waals surface area contributed by atoms with Crippen LogP contribution in [0.5, 0.6) is 0 Å². The molecule has 0 bridgehead atoms. The van der Waals surface area contributed by atoms with Gasteiger partial charge in [-0.15, -0.1) is 0 Å². The van der Waals surface area contributed by atoms with Gasteiger partial charge < -0.3 is 5.32 Å². The smallest absolute Gasteiger partial charge is 0.0315 e. The van der Waals surface area contributed by atoms with Gasteiger partial charge in [0.1, 0.15) is 0 Å². The first-order valence-electron chi connectivity index (χ1n) is 8.02. The van der Waals surface area contributed by atoms with Crippen LogP contribution in [0.25, 0.3) is 0 Å². The molecule has 1 aromatic heterocycles. The fraction of sp³-hybridized carbons (Fsp3) is 0.421. The monoisotopic (exact) mass is 280 g/mol. The molecule has 1 saturated carbocycles. The van der Waals surface area contributed by atoms with Gasteiger partial charge in [-0.3, -0.25) is 4.98 Å². The summed E-state index contributed by atoms with van der Waals surface area (Å²) < 4.78 is 0. The number of aromatic nitrogens is 1. The first kappa shape index (κ1) is 14.3. The Labute approximate surface area is 127 Å². The Kier molecular flexibility index (Phi) is 4.66. The van der Waals surface area contributed by atoms with Crippen LogP contribution >= 0.6 is 0 Å². The summed E-state index contributed by atoms with van der Waals surface area (Å²) in [5.41, 5.74) is 4.12. The van der Waals surface area contributed by atoms with Gasteiger partial charge in [0, 0.05) is 25.0 Å². The van der Waals surface area contributed by atoms with Gasteiger partial charge in [0.15, 0.2) is 0 Å². The third kappa shape index (κ3) is 3.51. The predicted octanol–water partition coefficient (Wildman–Crippen LogP) is 4.21. The van der Waals surface area contributed by atoms with Crippen LogP contribution in [0.2, 0.25) is 0 Å². The summed E-state index contributed by atoms with van der Waals surface area (Å²) in [6, 6.07) is 13.7. The number of hydrogen-bond acceptors (Lipinski definition) is 2. The Morgan fingerprint density at radius 1 is 1.10 bits per heavy atom. The summed E-state index contributed by atoms with van der Waals surface area (Å²) >= 11 is 0. The van der Waals surface area contributed by atoms with Crippen molar-refractivity contribution < 1.29 is 0 Å². The highest BCUT2D eigenvalue weighted by Crippen LogP contribution is 2.33. The molecular formula is C19H24N2. The maximum absolute atomic E-state index is 4.25. The lowest BCUT2D eigenvalue weighted by Gasteiger charge is -2.33. The molecule has 0 amide bonds. The summed E-state index contributed by atoms with van der Waals surface area (Å²) in [4.78, 5) is 4.25. The zero-order valence-corrected chi connectivity index (χ0v) is 12.8. The van der Waals surface area contributed by atoms with Crippen molar-refractivity contribution in [3.63, 3.8) is 0 Å². The van der Waals surface area contributed by atoms with E-state index in [2.05, 4.69) is 53.6 Å². The molecule has 1 aliphatic rings. The van der Waals surface area contributed by atoms with E-state index < -0.39 is 0 Å². The minimum Gasteiger partial charge on any atom is -0.309 e. The lowest BCUT2D eigenvalue weighted by molar-refractivity contribution is 0.326. The second kappa shape index (κ2) is 6.86. The van der Waals surface area contributed by atoms with E-state index in [1.807, 2.05) is 12.4 Å². The summed E-state index contributed by atoms with van der Waals surface area (Å²) in [5, 5.41) is 3.79. The first-order chi connectivity index (χ1) is 10.3. The molecule has 2 unspecified atom stereocenters. The van der Waals surface area contributed by atoms with Gasteiger partial charge in [0.2, 0.25) is 0 Å². The molecule has 2 nitrogen and oxygen atoms in total. The number of nitrogens with one attached hydrogen (secondary N) is 1.